The monoisotopic (exact) mass is 156 g/mol. The second kappa shape index (κ2) is 4.45. The van der Waals surface area contributed by atoms with E-state index in [1.807, 2.05) is 0 Å². The number of hydrogen-bond donors (Lipinski definition) is 0. The van der Waals surface area contributed by atoms with Crippen molar-refractivity contribution in [3.8, 4) is 12.3 Å². The van der Waals surface area contributed by atoms with E-state index in [-0.39, 0.29) is 0 Å². The molecule has 0 aliphatic carbocycles. The smallest absolute Gasteiger partial charge is 0.262 e. The first-order valence-corrected chi connectivity index (χ1v) is 3.02. The lowest BCUT2D eigenvalue weighted by Crippen LogP contribution is -1.94. The van der Waals surface area contributed by atoms with Gasteiger partial charge in [-0.25, -0.2) is 4.39 Å². The highest BCUT2D eigenvalue weighted by Crippen LogP contribution is 2.26. The normalized spacial score (nSPS) is 16.1. The Labute approximate surface area is 50.8 Å². The fraction of sp³-hybridized carbons (Fsp3) is 0.333. The van der Waals surface area contributed by atoms with Crippen molar-refractivity contribution in [1.82, 2.24) is 0 Å². The van der Waals surface area contributed by atoms with Crippen LogP contribution < -0.4 is 0 Å². The summed E-state index contributed by atoms with van der Waals surface area (Å²) in [4.78, 5) is 0. The average molecular weight is 156 g/mol. The molecule has 0 N–H and O–H groups in total. The lowest BCUT2D eigenvalue weighted by atomic mass is 10.7. The Morgan fingerprint density at radius 2 is 2.33 bits per heavy atom. The lowest BCUT2D eigenvalue weighted by molar-refractivity contribution is -0.0292. The minimum absolute atomic E-state index is 1.42. The van der Waals surface area contributed by atoms with Crippen LogP contribution in [0.2, 0.25) is 0 Å². The summed E-state index contributed by atoms with van der Waals surface area (Å²) in [6.07, 6.45) is 2.25. The van der Waals surface area contributed by atoms with Gasteiger partial charge in [-0.15, -0.1) is 11.2 Å². The highest BCUT2D eigenvalue weighted by atomic mass is 31.1. The van der Waals surface area contributed by atoms with E-state index in [0.29, 0.717) is 0 Å². The number of hydrogen-bond acceptors (Lipinski definition) is 3. The van der Waals surface area contributed by atoms with Crippen LogP contribution in [-0.2, 0) is 13.8 Å². The molecular formula is C3H3F2O3P. The van der Waals surface area contributed by atoms with Gasteiger partial charge in [0, 0.05) is 0 Å². The average Bonchev–Trinajstić information content (AvgIpc) is 1.87. The minimum atomic E-state index is -3.37. The molecule has 0 amide bonds. The van der Waals surface area contributed by atoms with Crippen molar-refractivity contribution in [2.24, 2.45) is 0 Å². The van der Waals surface area contributed by atoms with Gasteiger partial charge in [0.1, 0.15) is 0 Å². The van der Waals surface area contributed by atoms with Gasteiger partial charge in [0.15, 0.2) is 0 Å². The molecular weight excluding hydrogens is 153 g/mol. The van der Waals surface area contributed by atoms with Crippen molar-refractivity contribution in [1.29, 1.82) is 0 Å². The Bertz CT molecular complexity index is 142. The molecule has 9 heavy (non-hydrogen) atoms. The molecule has 0 fully saturated rings. The number of terminal acetylenes is 1. The topological polar surface area (TPSA) is 35.5 Å². The van der Waals surface area contributed by atoms with Crippen LogP contribution in [0.3, 0.4) is 0 Å². The third-order valence-corrected chi connectivity index (χ3v) is 0.919. The van der Waals surface area contributed by atoms with E-state index >= 15 is 0 Å². The predicted octanol–water partition coefficient (Wildman–Crippen LogP) is 1.22. The highest BCUT2D eigenvalue weighted by molar-refractivity contribution is 7.33. The Kier molecular flexibility index (Phi) is 4.24. The maximum Gasteiger partial charge on any atom is 0.355 e. The van der Waals surface area contributed by atoms with Crippen molar-refractivity contribution in [2.45, 2.75) is 6.36 Å². The maximum absolute atomic E-state index is 11.7. The van der Waals surface area contributed by atoms with Gasteiger partial charge >= 0.3 is 8.25 Å². The van der Waals surface area contributed by atoms with Crippen LogP contribution in [0.1, 0.15) is 0 Å². The van der Waals surface area contributed by atoms with Gasteiger partial charge in [-0.1, -0.05) is 0 Å². The molecule has 0 aliphatic rings. The number of halogens is 2. The summed E-state index contributed by atoms with van der Waals surface area (Å²) in [5, 5.41) is 0. The van der Waals surface area contributed by atoms with Crippen molar-refractivity contribution in [3.63, 3.8) is 0 Å². The van der Waals surface area contributed by atoms with Crippen LogP contribution in [0, 0.1) is 12.3 Å². The van der Waals surface area contributed by atoms with Crippen LogP contribution in [0.4, 0.5) is 8.92 Å². The Hall–Kier alpha value is -0.430. The minimum Gasteiger partial charge on any atom is -0.262 e. The SMILES string of the molecule is C#CC(F)O[PH](=O)OF. The predicted molar refractivity (Wildman–Crippen MR) is 26.0 cm³/mol. The third-order valence-electron chi connectivity index (χ3n) is 0.394. The molecule has 6 heteroatoms. The summed E-state index contributed by atoms with van der Waals surface area (Å²) in [6, 6.07) is 0. The van der Waals surface area contributed by atoms with E-state index in [9.17, 15) is 13.5 Å². The second-order valence-corrected chi connectivity index (χ2v) is 1.82. The van der Waals surface area contributed by atoms with Crippen molar-refractivity contribution < 1.29 is 22.7 Å². The van der Waals surface area contributed by atoms with E-state index in [2.05, 4.69) is 15.7 Å². The largest absolute Gasteiger partial charge is 0.355 e. The van der Waals surface area contributed by atoms with Gasteiger partial charge in [0.25, 0.3) is 6.36 Å². The molecule has 0 aromatic rings. The molecule has 2 unspecified atom stereocenters. The van der Waals surface area contributed by atoms with Crippen molar-refractivity contribution in [2.75, 3.05) is 0 Å². The molecule has 0 saturated carbocycles. The Morgan fingerprint density at radius 1 is 1.78 bits per heavy atom. The molecule has 0 aliphatic heterocycles. The van der Waals surface area contributed by atoms with Crippen LogP contribution in [0.25, 0.3) is 0 Å². The van der Waals surface area contributed by atoms with E-state index < -0.39 is 14.6 Å². The third kappa shape index (κ3) is 4.10. The quantitative estimate of drug-likeness (QED) is 0.455. The zero-order chi connectivity index (χ0) is 7.28. The summed E-state index contributed by atoms with van der Waals surface area (Å²) < 4.78 is 38.5. The fourth-order valence-corrected chi connectivity index (χ4v) is 0.410. The molecule has 0 radical (unpaired) electrons. The summed E-state index contributed by atoms with van der Waals surface area (Å²) in [7, 11) is -3.37. The zero-order valence-electron chi connectivity index (χ0n) is 4.14. The first-order valence-electron chi connectivity index (χ1n) is 1.80. The van der Waals surface area contributed by atoms with Crippen LogP contribution >= 0.6 is 8.25 Å². The van der Waals surface area contributed by atoms with Crippen molar-refractivity contribution in [3.05, 3.63) is 0 Å². The van der Waals surface area contributed by atoms with Gasteiger partial charge in [-0.3, -0.25) is 9.09 Å². The van der Waals surface area contributed by atoms with E-state index in [4.69, 9.17) is 0 Å². The first-order chi connectivity index (χ1) is 4.20. The standard InChI is InChI=1S/C3H3F2O3P/c1-2-3(4)7-9(6)8-5/h1,3,9H. The van der Waals surface area contributed by atoms with Crippen LogP contribution in [-0.4, -0.2) is 6.36 Å². The highest BCUT2D eigenvalue weighted by Gasteiger charge is 2.06. The summed E-state index contributed by atoms with van der Waals surface area (Å²) in [5.74, 6) is 1.42. The molecule has 0 heterocycles. The lowest BCUT2D eigenvalue weighted by Gasteiger charge is -1.96. The fourth-order valence-electron chi connectivity index (χ4n) is 0.137. The van der Waals surface area contributed by atoms with E-state index in [1.54, 1.807) is 0 Å². The van der Waals surface area contributed by atoms with Gasteiger partial charge in [-0.2, -0.15) is 0 Å². The molecule has 52 valence electrons. The molecule has 0 aromatic carbocycles. The van der Waals surface area contributed by atoms with Gasteiger partial charge in [0.05, 0.1) is 0 Å². The second-order valence-electron chi connectivity index (χ2n) is 0.928. The molecule has 0 bridgehead atoms. The van der Waals surface area contributed by atoms with E-state index in [0.717, 1.165) is 0 Å². The molecule has 0 saturated heterocycles. The zero-order valence-corrected chi connectivity index (χ0v) is 5.14. The summed E-state index contributed by atoms with van der Waals surface area (Å²) in [6.45, 7) is 0. The van der Waals surface area contributed by atoms with Crippen LogP contribution in [0.5, 0.6) is 0 Å². The van der Waals surface area contributed by atoms with Crippen molar-refractivity contribution >= 4 is 8.25 Å². The Morgan fingerprint density at radius 3 is 2.67 bits per heavy atom. The summed E-state index contributed by atoms with van der Waals surface area (Å²) >= 11 is 0. The van der Waals surface area contributed by atoms with Gasteiger partial charge in [0.2, 0.25) is 0 Å². The first kappa shape index (κ1) is 8.57. The molecule has 2 atom stereocenters. The molecule has 3 nitrogen and oxygen atoms in total. The Balaban J connectivity index is 3.50. The number of rotatable bonds is 3. The number of alkyl halides is 1. The maximum atomic E-state index is 11.7. The van der Waals surface area contributed by atoms with E-state index in [1.165, 1.54) is 5.92 Å². The van der Waals surface area contributed by atoms with Gasteiger partial charge < -0.3 is 0 Å². The van der Waals surface area contributed by atoms with Gasteiger partial charge in [-0.05, 0) is 10.4 Å². The summed E-state index contributed by atoms with van der Waals surface area (Å²) in [5.41, 5.74) is 0. The molecule has 0 aromatic heterocycles. The molecule has 0 spiro atoms. The molecule has 0 rings (SSSR count). The van der Waals surface area contributed by atoms with Crippen LogP contribution in [0.15, 0.2) is 0 Å².